The van der Waals surface area contributed by atoms with Crippen LogP contribution >= 0.6 is 0 Å². The molecule has 0 N–H and O–H groups in total. The molecular weight excluding hydrogens is 267 g/mol. The number of aryl methyl sites for hydroxylation is 1. The van der Waals surface area contributed by atoms with Gasteiger partial charge in [-0.2, -0.15) is 5.10 Å². The molecule has 1 aromatic carbocycles. The minimum atomic E-state index is -0.158. The maximum atomic E-state index is 13.5. The quantitative estimate of drug-likeness (QED) is 0.866. The molecule has 112 valence electrons. The van der Waals surface area contributed by atoms with Crippen LogP contribution in [0.1, 0.15) is 43.6 Å². The summed E-state index contributed by atoms with van der Waals surface area (Å²) in [6.07, 6.45) is 5.06. The second-order valence-electron chi connectivity index (χ2n) is 5.53. The van der Waals surface area contributed by atoms with Gasteiger partial charge in [0.1, 0.15) is 18.0 Å². The number of aromatic nitrogens is 3. The van der Waals surface area contributed by atoms with Gasteiger partial charge in [-0.3, -0.25) is 4.90 Å². The minimum absolute atomic E-state index is 0.158. The molecule has 0 radical (unpaired) electrons. The molecule has 5 heteroatoms. The van der Waals surface area contributed by atoms with Gasteiger partial charge in [-0.25, -0.2) is 14.1 Å². The van der Waals surface area contributed by atoms with E-state index in [0.29, 0.717) is 0 Å². The number of halogens is 1. The summed E-state index contributed by atoms with van der Waals surface area (Å²) >= 11 is 0. The van der Waals surface area contributed by atoms with Crippen molar-refractivity contribution in [2.75, 3.05) is 6.54 Å². The summed E-state index contributed by atoms with van der Waals surface area (Å²) in [4.78, 5) is 6.76. The molecule has 3 rings (SSSR count). The maximum Gasteiger partial charge on any atom is 0.141 e. The van der Waals surface area contributed by atoms with Crippen LogP contribution in [-0.4, -0.2) is 26.2 Å². The van der Waals surface area contributed by atoms with Crippen molar-refractivity contribution in [2.24, 2.45) is 0 Å². The summed E-state index contributed by atoms with van der Waals surface area (Å²) in [5.41, 5.74) is 1.07. The Labute approximate surface area is 124 Å². The van der Waals surface area contributed by atoms with Gasteiger partial charge < -0.3 is 0 Å². The highest BCUT2D eigenvalue weighted by Crippen LogP contribution is 2.32. The van der Waals surface area contributed by atoms with E-state index < -0.39 is 0 Å². The number of piperidine rings is 1. The van der Waals surface area contributed by atoms with Gasteiger partial charge in [-0.1, -0.05) is 18.6 Å². The molecule has 1 aliphatic heterocycles. The van der Waals surface area contributed by atoms with E-state index in [1.807, 2.05) is 10.7 Å². The lowest BCUT2D eigenvalue weighted by molar-refractivity contribution is 0.134. The van der Waals surface area contributed by atoms with Gasteiger partial charge >= 0.3 is 0 Å². The lowest BCUT2D eigenvalue weighted by atomic mass is 9.95. The Kier molecular flexibility index (Phi) is 4.29. The molecule has 0 saturated carbocycles. The van der Waals surface area contributed by atoms with Crippen LogP contribution in [0.25, 0.3) is 0 Å². The molecule has 4 nitrogen and oxygen atoms in total. The maximum absolute atomic E-state index is 13.5. The number of hydrogen-bond acceptors (Lipinski definition) is 3. The highest BCUT2D eigenvalue weighted by Gasteiger charge is 2.25. The molecule has 0 aliphatic carbocycles. The highest BCUT2D eigenvalue weighted by atomic mass is 19.1. The molecule has 1 unspecified atom stereocenters. The second-order valence-corrected chi connectivity index (χ2v) is 5.53. The van der Waals surface area contributed by atoms with Crippen molar-refractivity contribution in [1.29, 1.82) is 0 Å². The first-order chi connectivity index (χ1) is 10.3. The summed E-state index contributed by atoms with van der Waals surface area (Å²) in [5, 5.41) is 4.23. The fraction of sp³-hybridized carbons (Fsp3) is 0.500. The first kappa shape index (κ1) is 14.2. The Morgan fingerprint density at radius 1 is 1.33 bits per heavy atom. The van der Waals surface area contributed by atoms with E-state index in [9.17, 15) is 4.39 Å². The fourth-order valence-electron chi connectivity index (χ4n) is 3.13. The summed E-state index contributed by atoms with van der Waals surface area (Å²) < 4.78 is 15.4. The van der Waals surface area contributed by atoms with E-state index in [1.165, 1.54) is 18.9 Å². The van der Waals surface area contributed by atoms with Gasteiger partial charge in [0.25, 0.3) is 0 Å². The fourth-order valence-corrected chi connectivity index (χ4v) is 3.13. The van der Waals surface area contributed by atoms with Crippen LogP contribution in [0.4, 0.5) is 4.39 Å². The van der Waals surface area contributed by atoms with E-state index in [2.05, 4.69) is 21.9 Å². The number of likely N-dealkylation sites (tertiary alicyclic amines) is 1. The molecule has 1 fully saturated rings. The van der Waals surface area contributed by atoms with E-state index in [-0.39, 0.29) is 11.9 Å². The number of benzene rings is 1. The Bertz CT molecular complexity index is 595. The first-order valence-corrected chi connectivity index (χ1v) is 7.64. The van der Waals surface area contributed by atoms with Crippen LogP contribution < -0.4 is 0 Å². The van der Waals surface area contributed by atoms with E-state index in [0.717, 1.165) is 37.4 Å². The van der Waals surface area contributed by atoms with Crippen molar-refractivity contribution in [2.45, 2.75) is 45.3 Å². The molecule has 21 heavy (non-hydrogen) atoms. The van der Waals surface area contributed by atoms with E-state index >= 15 is 0 Å². The molecular formula is C16H21FN4. The second kappa shape index (κ2) is 6.35. The molecule has 2 aromatic rings. The normalized spacial score (nSPS) is 19.8. The van der Waals surface area contributed by atoms with Crippen molar-refractivity contribution in [3.63, 3.8) is 0 Å². The smallest absolute Gasteiger partial charge is 0.141 e. The summed E-state index contributed by atoms with van der Waals surface area (Å²) in [7, 11) is 0. The minimum Gasteiger partial charge on any atom is -0.289 e. The van der Waals surface area contributed by atoms with Crippen molar-refractivity contribution < 1.29 is 4.39 Å². The van der Waals surface area contributed by atoms with Crippen LogP contribution in [0.5, 0.6) is 0 Å². The van der Waals surface area contributed by atoms with Crippen LogP contribution in [0.2, 0.25) is 0 Å². The molecule has 1 aliphatic rings. The monoisotopic (exact) mass is 288 g/mol. The molecule has 2 heterocycles. The van der Waals surface area contributed by atoms with E-state index in [1.54, 1.807) is 18.5 Å². The summed E-state index contributed by atoms with van der Waals surface area (Å²) in [6.45, 7) is 4.69. The van der Waals surface area contributed by atoms with Crippen molar-refractivity contribution >= 4 is 0 Å². The predicted molar refractivity (Wildman–Crippen MR) is 79.1 cm³/mol. The molecule has 1 atom stereocenters. The Balaban J connectivity index is 1.81. The van der Waals surface area contributed by atoms with Crippen molar-refractivity contribution in [3.8, 4) is 0 Å². The molecule has 1 saturated heterocycles. The topological polar surface area (TPSA) is 34.0 Å². The molecule has 0 spiro atoms. The van der Waals surface area contributed by atoms with Crippen LogP contribution in [-0.2, 0) is 13.1 Å². The van der Waals surface area contributed by atoms with Gasteiger partial charge in [0.2, 0.25) is 0 Å². The number of rotatable bonds is 4. The lowest BCUT2D eigenvalue weighted by Crippen LogP contribution is -2.34. The zero-order chi connectivity index (χ0) is 14.7. The van der Waals surface area contributed by atoms with Crippen molar-refractivity contribution in [1.82, 2.24) is 19.7 Å². The van der Waals surface area contributed by atoms with Crippen molar-refractivity contribution in [3.05, 3.63) is 47.8 Å². The highest BCUT2D eigenvalue weighted by molar-refractivity contribution is 5.21. The van der Waals surface area contributed by atoms with Gasteiger partial charge in [-0.05, 0) is 44.0 Å². The number of hydrogen-bond donors (Lipinski definition) is 0. The molecule has 0 amide bonds. The van der Waals surface area contributed by atoms with Gasteiger partial charge in [-0.15, -0.1) is 0 Å². The average Bonchev–Trinajstić information content (AvgIpc) is 2.95. The predicted octanol–water partition coefficient (Wildman–Crippen LogP) is 3.16. The van der Waals surface area contributed by atoms with Crippen LogP contribution in [0, 0.1) is 5.82 Å². The zero-order valence-corrected chi connectivity index (χ0v) is 12.4. The summed E-state index contributed by atoms with van der Waals surface area (Å²) in [5.74, 6) is 0.829. The average molecular weight is 288 g/mol. The standard InChI is InChI=1S/C16H21FN4/c1-2-21-16(18-12-19-21)11-20-9-4-3-8-15(20)13-6-5-7-14(17)10-13/h5-7,10,12,15H,2-4,8-9,11H2,1H3. The summed E-state index contributed by atoms with van der Waals surface area (Å²) in [6, 6.07) is 7.26. The van der Waals surface area contributed by atoms with Crippen LogP contribution in [0.15, 0.2) is 30.6 Å². The number of nitrogens with zero attached hydrogens (tertiary/aromatic N) is 4. The Morgan fingerprint density at radius 3 is 3.05 bits per heavy atom. The largest absolute Gasteiger partial charge is 0.289 e. The van der Waals surface area contributed by atoms with Gasteiger partial charge in [0, 0.05) is 12.6 Å². The molecule has 1 aromatic heterocycles. The first-order valence-electron chi connectivity index (χ1n) is 7.64. The van der Waals surface area contributed by atoms with E-state index in [4.69, 9.17) is 0 Å². The van der Waals surface area contributed by atoms with Crippen LogP contribution in [0.3, 0.4) is 0 Å². The Hall–Kier alpha value is -1.75. The molecule has 0 bridgehead atoms. The SMILES string of the molecule is CCn1ncnc1CN1CCCCC1c1cccc(F)c1. The van der Waals surface area contributed by atoms with Gasteiger partial charge in [0.15, 0.2) is 0 Å². The lowest BCUT2D eigenvalue weighted by Gasteiger charge is -2.35. The third-order valence-electron chi connectivity index (χ3n) is 4.19. The third kappa shape index (κ3) is 3.13. The third-order valence-corrected chi connectivity index (χ3v) is 4.19. The Morgan fingerprint density at radius 2 is 2.24 bits per heavy atom. The van der Waals surface area contributed by atoms with Gasteiger partial charge in [0.05, 0.1) is 6.54 Å². The zero-order valence-electron chi connectivity index (χ0n) is 12.4.